The van der Waals surface area contributed by atoms with E-state index >= 15 is 0 Å². The van der Waals surface area contributed by atoms with Gasteiger partial charge in [-0.25, -0.2) is 4.39 Å². The van der Waals surface area contributed by atoms with Crippen molar-refractivity contribution in [2.75, 3.05) is 13.1 Å². The normalized spacial score (nSPS) is 16.4. The van der Waals surface area contributed by atoms with Crippen LogP contribution in [-0.4, -0.2) is 34.9 Å². The van der Waals surface area contributed by atoms with Gasteiger partial charge < -0.3 is 9.84 Å². The number of halogens is 2. The molecule has 1 fully saturated rings. The monoisotopic (exact) mass is 497 g/mol. The van der Waals surface area contributed by atoms with Crippen molar-refractivity contribution >= 4 is 21.9 Å². The summed E-state index contributed by atoms with van der Waals surface area (Å²) >= 11 is 3.27. The number of β-amino-alcohol motifs (C(OH)–C–C–N with tert-alkyl or cyclic N) is 1. The zero-order valence-electron chi connectivity index (χ0n) is 17.7. The maximum atomic E-state index is 13.8. The summed E-state index contributed by atoms with van der Waals surface area (Å²) in [7, 11) is 0. The Hall–Kier alpha value is -2.54. The molecule has 4 rings (SSSR count). The zero-order valence-corrected chi connectivity index (χ0v) is 19.3. The molecule has 0 saturated carbocycles. The number of esters is 1. The van der Waals surface area contributed by atoms with E-state index in [4.69, 9.17) is 4.74 Å². The van der Waals surface area contributed by atoms with E-state index in [1.807, 2.05) is 43.3 Å². The first kappa shape index (κ1) is 22.6. The number of aliphatic hydroxyl groups is 1. The Labute approximate surface area is 195 Å². The van der Waals surface area contributed by atoms with Gasteiger partial charge in [0.2, 0.25) is 5.79 Å². The second kappa shape index (κ2) is 9.53. The third-order valence-corrected chi connectivity index (χ3v) is 6.22. The van der Waals surface area contributed by atoms with E-state index in [0.29, 0.717) is 16.5 Å². The number of hydrogen-bond acceptors (Lipinski definition) is 4. The van der Waals surface area contributed by atoms with Crippen LogP contribution in [0.2, 0.25) is 0 Å². The van der Waals surface area contributed by atoms with Crippen molar-refractivity contribution in [3.63, 3.8) is 0 Å². The van der Waals surface area contributed by atoms with Crippen LogP contribution in [0.1, 0.15) is 42.0 Å². The maximum Gasteiger partial charge on any atom is 0.316 e. The third kappa shape index (κ3) is 4.93. The highest BCUT2D eigenvalue weighted by Gasteiger charge is 2.49. The lowest BCUT2D eigenvalue weighted by Gasteiger charge is -2.49. The molecule has 3 aromatic carbocycles. The summed E-state index contributed by atoms with van der Waals surface area (Å²) in [6, 6.07) is 24.4. The second-order valence-electron chi connectivity index (χ2n) is 8.16. The zero-order chi connectivity index (χ0) is 22.7. The van der Waals surface area contributed by atoms with Gasteiger partial charge in [-0.05, 0) is 41.3 Å². The van der Waals surface area contributed by atoms with E-state index in [9.17, 15) is 14.3 Å². The van der Waals surface area contributed by atoms with E-state index in [2.05, 4.69) is 45.1 Å². The number of likely N-dealkylation sites (tertiary alicyclic amines) is 1. The highest BCUT2D eigenvalue weighted by atomic mass is 79.9. The van der Waals surface area contributed by atoms with E-state index in [1.165, 1.54) is 12.1 Å². The molecule has 0 radical (unpaired) electrons. The Kier molecular flexibility index (Phi) is 6.74. The van der Waals surface area contributed by atoms with E-state index in [1.54, 1.807) is 6.07 Å². The molecule has 1 N–H and O–H groups in total. The van der Waals surface area contributed by atoms with Crippen molar-refractivity contribution in [3.05, 3.63) is 106 Å². The van der Waals surface area contributed by atoms with Crippen molar-refractivity contribution in [1.29, 1.82) is 0 Å². The Morgan fingerprint density at radius 3 is 2.09 bits per heavy atom. The van der Waals surface area contributed by atoms with Crippen LogP contribution in [0.3, 0.4) is 0 Å². The molecule has 0 aromatic heterocycles. The van der Waals surface area contributed by atoms with Crippen LogP contribution in [0.25, 0.3) is 0 Å². The van der Waals surface area contributed by atoms with Crippen LogP contribution in [0.5, 0.6) is 0 Å². The molecule has 6 heteroatoms. The maximum absolute atomic E-state index is 13.8. The second-order valence-corrected chi connectivity index (χ2v) is 9.08. The summed E-state index contributed by atoms with van der Waals surface area (Å²) in [6.45, 7) is 2.22. The standard InChI is InChI=1S/C26H25BrFNO3/c1-2-23(20-13-21(27)15-22(28)14-20)25(30)32-26(31)16-29(17-26)24(18-9-5-3-6-10-18)19-11-7-4-8-12-19/h3-15,23-24,31H,2,16-17H2,1H3/t23-/m1/s1. The summed E-state index contributed by atoms with van der Waals surface area (Å²) in [5.41, 5.74) is 2.72. The van der Waals surface area contributed by atoms with Gasteiger partial charge in [-0.15, -0.1) is 0 Å². The van der Waals surface area contributed by atoms with Gasteiger partial charge in [0.15, 0.2) is 0 Å². The number of rotatable bonds is 7. The molecule has 0 aliphatic carbocycles. The van der Waals surface area contributed by atoms with E-state index in [-0.39, 0.29) is 19.1 Å². The average molecular weight is 498 g/mol. The minimum atomic E-state index is -1.57. The molecule has 0 amide bonds. The van der Waals surface area contributed by atoms with Gasteiger partial charge in [0, 0.05) is 4.47 Å². The van der Waals surface area contributed by atoms with Crippen molar-refractivity contribution < 1.29 is 19.0 Å². The molecule has 1 aliphatic rings. The lowest BCUT2D eigenvalue weighted by molar-refractivity contribution is -0.267. The SMILES string of the molecule is CC[C@@H](C(=O)OC1(O)CN(C(c2ccccc2)c2ccccc2)C1)c1cc(F)cc(Br)c1. The van der Waals surface area contributed by atoms with Crippen molar-refractivity contribution in [1.82, 2.24) is 4.90 Å². The van der Waals surface area contributed by atoms with Crippen LogP contribution in [0.4, 0.5) is 4.39 Å². The summed E-state index contributed by atoms with van der Waals surface area (Å²) in [5.74, 6) is -3.21. The molecule has 0 spiro atoms. The molecule has 1 saturated heterocycles. The molecule has 3 aromatic rings. The molecule has 166 valence electrons. The van der Waals surface area contributed by atoms with Gasteiger partial charge >= 0.3 is 5.97 Å². The van der Waals surface area contributed by atoms with Gasteiger partial charge in [-0.3, -0.25) is 9.69 Å². The predicted octanol–water partition coefficient (Wildman–Crippen LogP) is 5.42. The smallest absolute Gasteiger partial charge is 0.316 e. The van der Waals surface area contributed by atoms with Crippen molar-refractivity contribution in [2.45, 2.75) is 31.1 Å². The summed E-state index contributed by atoms with van der Waals surface area (Å²) in [4.78, 5) is 15.0. The summed E-state index contributed by atoms with van der Waals surface area (Å²) in [6.07, 6.45) is 0.436. The fourth-order valence-corrected chi connectivity index (χ4v) is 4.78. The highest BCUT2D eigenvalue weighted by molar-refractivity contribution is 9.10. The molecule has 4 nitrogen and oxygen atoms in total. The van der Waals surface area contributed by atoms with Crippen LogP contribution >= 0.6 is 15.9 Å². The fraction of sp³-hybridized carbons (Fsp3) is 0.269. The Morgan fingerprint density at radius 2 is 1.59 bits per heavy atom. The molecule has 1 atom stereocenters. The number of hydrogen-bond donors (Lipinski definition) is 1. The van der Waals surface area contributed by atoms with Crippen LogP contribution in [-0.2, 0) is 9.53 Å². The molecule has 0 unspecified atom stereocenters. The minimum absolute atomic E-state index is 0.0578. The molecule has 0 bridgehead atoms. The Bertz CT molecular complexity index is 1010. The summed E-state index contributed by atoms with van der Waals surface area (Å²) < 4.78 is 19.9. The fourth-order valence-electron chi connectivity index (χ4n) is 4.29. The number of benzene rings is 3. The lowest BCUT2D eigenvalue weighted by Crippen LogP contribution is -2.64. The molecule has 32 heavy (non-hydrogen) atoms. The minimum Gasteiger partial charge on any atom is -0.430 e. The number of ether oxygens (including phenoxy) is 1. The quantitative estimate of drug-likeness (QED) is 0.349. The number of carbonyl (C=O) groups excluding carboxylic acids is 1. The average Bonchev–Trinajstić information content (AvgIpc) is 2.74. The topological polar surface area (TPSA) is 49.8 Å². The van der Waals surface area contributed by atoms with Crippen molar-refractivity contribution in [3.8, 4) is 0 Å². The largest absolute Gasteiger partial charge is 0.430 e. The van der Waals surface area contributed by atoms with E-state index in [0.717, 1.165) is 11.1 Å². The molecular weight excluding hydrogens is 473 g/mol. The number of carbonyl (C=O) groups is 1. The molecule has 1 heterocycles. The Morgan fingerprint density at radius 1 is 1.03 bits per heavy atom. The highest BCUT2D eigenvalue weighted by Crippen LogP contribution is 2.37. The van der Waals surface area contributed by atoms with Gasteiger partial charge in [-0.1, -0.05) is 83.5 Å². The van der Waals surface area contributed by atoms with Gasteiger partial charge in [0.25, 0.3) is 0 Å². The Balaban J connectivity index is 1.49. The van der Waals surface area contributed by atoms with Crippen LogP contribution < -0.4 is 0 Å². The third-order valence-electron chi connectivity index (χ3n) is 5.77. The van der Waals surface area contributed by atoms with Gasteiger partial charge in [-0.2, -0.15) is 0 Å². The molecular formula is C26H25BrFNO3. The summed E-state index contributed by atoms with van der Waals surface area (Å²) in [5, 5.41) is 10.9. The number of nitrogens with zero attached hydrogens (tertiary/aromatic N) is 1. The first-order valence-electron chi connectivity index (χ1n) is 10.6. The predicted molar refractivity (Wildman–Crippen MR) is 124 cm³/mol. The van der Waals surface area contributed by atoms with E-state index < -0.39 is 23.5 Å². The first-order valence-corrected chi connectivity index (χ1v) is 11.4. The van der Waals surface area contributed by atoms with Crippen LogP contribution in [0, 0.1) is 5.82 Å². The van der Waals surface area contributed by atoms with Crippen molar-refractivity contribution in [2.24, 2.45) is 0 Å². The van der Waals surface area contributed by atoms with Gasteiger partial charge in [0.1, 0.15) is 5.82 Å². The van der Waals surface area contributed by atoms with Crippen LogP contribution in [0.15, 0.2) is 83.3 Å². The molecule has 1 aliphatic heterocycles. The van der Waals surface area contributed by atoms with Gasteiger partial charge in [0.05, 0.1) is 25.0 Å². The first-order chi connectivity index (χ1) is 15.4. The lowest BCUT2D eigenvalue weighted by atomic mass is 9.92.